The van der Waals surface area contributed by atoms with Crippen molar-refractivity contribution in [3.05, 3.63) is 113 Å². The number of benzene rings is 3. The molecule has 2 aromatic heterocycles. The van der Waals surface area contributed by atoms with Crippen LogP contribution in [0, 0.1) is 6.92 Å². The van der Waals surface area contributed by atoms with E-state index < -0.39 is 0 Å². The van der Waals surface area contributed by atoms with Crippen molar-refractivity contribution in [1.82, 2.24) is 14.8 Å². The molecule has 0 bridgehead atoms. The summed E-state index contributed by atoms with van der Waals surface area (Å²) in [5.41, 5.74) is 2.36. The zero-order chi connectivity index (χ0) is 30.2. The lowest BCUT2D eigenvalue weighted by Crippen LogP contribution is -2.17. The second-order valence-electron chi connectivity index (χ2n) is 9.33. The molecule has 0 radical (unpaired) electrons. The highest BCUT2D eigenvalue weighted by Crippen LogP contribution is 2.32. The third kappa shape index (κ3) is 7.76. The molecule has 10 nitrogen and oxygen atoms in total. The zero-order valence-corrected chi connectivity index (χ0v) is 24.9. The van der Waals surface area contributed by atoms with Crippen molar-refractivity contribution < 1.29 is 23.5 Å². The third-order valence-electron chi connectivity index (χ3n) is 6.31. The molecule has 2 N–H and O–H groups in total. The van der Waals surface area contributed by atoms with Gasteiger partial charge in [-0.15, -0.1) is 10.2 Å². The molecule has 0 aliphatic rings. The number of thioether (sulfide) groups is 1. The Hall–Kier alpha value is -4.74. The molecule has 12 heteroatoms. The molecule has 0 saturated carbocycles. The van der Waals surface area contributed by atoms with Crippen LogP contribution in [0.5, 0.6) is 11.5 Å². The number of carbonyl (C=O) groups is 2. The maximum Gasteiger partial charge on any atom is 0.255 e. The fourth-order valence-electron chi connectivity index (χ4n) is 4.12. The van der Waals surface area contributed by atoms with Gasteiger partial charge >= 0.3 is 0 Å². The predicted molar refractivity (Wildman–Crippen MR) is 165 cm³/mol. The van der Waals surface area contributed by atoms with Crippen LogP contribution in [-0.4, -0.2) is 39.4 Å². The summed E-state index contributed by atoms with van der Waals surface area (Å²) >= 11 is 7.20. The number of hydrogen-bond donors (Lipinski definition) is 2. The minimum atomic E-state index is -0.268. The zero-order valence-electron chi connectivity index (χ0n) is 23.4. The van der Waals surface area contributed by atoms with Crippen molar-refractivity contribution in [2.45, 2.75) is 25.2 Å². The second-order valence-corrected chi connectivity index (χ2v) is 10.7. The Kier molecular flexibility index (Phi) is 9.65. The molecule has 0 fully saturated rings. The first-order chi connectivity index (χ1) is 20.9. The van der Waals surface area contributed by atoms with Gasteiger partial charge in [-0.05, 0) is 67.1 Å². The van der Waals surface area contributed by atoms with E-state index in [0.29, 0.717) is 56.7 Å². The average molecular weight is 618 g/mol. The maximum atomic E-state index is 13.0. The average Bonchev–Trinajstić information content (AvgIpc) is 3.67. The number of rotatable bonds is 12. The number of ether oxygens (including phenoxy) is 2. The lowest BCUT2D eigenvalue weighted by molar-refractivity contribution is -0.113. The van der Waals surface area contributed by atoms with E-state index >= 15 is 0 Å². The Bertz CT molecular complexity index is 1690. The van der Waals surface area contributed by atoms with Gasteiger partial charge in [0.05, 0.1) is 31.4 Å². The lowest BCUT2D eigenvalue weighted by Gasteiger charge is -2.15. The Morgan fingerprint density at radius 3 is 2.49 bits per heavy atom. The van der Waals surface area contributed by atoms with Crippen LogP contribution in [0.4, 0.5) is 11.4 Å². The van der Waals surface area contributed by atoms with E-state index in [0.717, 1.165) is 5.56 Å². The number of furan rings is 1. The molecule has 220 valence electrons. The topological polar surface area (TPSA) is 121 Å². The highest BCUT2D eigenvalue weighted by atomic mass is 35.5. The molecular formula is C31H28ClN5O5S. The molecule has 5 aromatic rings. The van der Waals surface area contributed by atoms with Crippen LogP contribution in [0.3, 0.4) is 0 Å². The molecule has 2 heterocycles. The van der Waals surface area contributed by atoms with Crippen molar-refractivity contribution in [3.8, 4) is 11.5 Å². The van der Waals surface area contributed by atoms with Gasteiger partial charge in [0.1, 0.15) is 23.9 Å². The summed E-state index contributed by atoms with van der Waals surface area (Å²) in [5.74, 6) is 1.88. The minimum absolute atomic E-state index is 0.0586. The van der Waals surface area contributed by atoms with Gasteiger partial charge in [0, 0.05) is 22.3 Å². The summed E-state index contributed by atoms with van der Waals surface area (Å²) in [4.78, 5) is 25.7. The number of nitrogens with one attached hydrogen (secondary N) is 2. The molecule has 2 amide bonds. The maximum absolute atomic E-state index is 13.0. The molecule has 0 atom stereocenters. The fraction of sp³-hybridized carbons (Fsp3) is 0.161. The monoisotopic (exact) mass is 617 g/mol. The van der Waals surface area contributed by atoms with Gasteiger partial charge in [-0.1, -0.05) is 41.6 Å². The van der Waals surface area contributed by atoms with E-state index in [1.807, 2.05) is 23.6 Å². The molecule has 0 spiro atoms. The van der Waals surface area contributed by atoms with E-state index in [4.69, 9.17) is 25.5 Å². The molecule has 0 saturated heterocycles. The smallest absolute Gasteiger partial charge is 0.255 e. The Balaban J connectivity index is 1.25. The number of aryl methyl sites for hydroxylation is 1. The first-order valence-electron chi connectivity index (χ1n) is 13.2. The first kappa shape index (κ1) is 29.7. The third-order valence-corrected chi connectivity index (χ3v) is 7.52. The summed E-state index contributed by atoms with van der Waals surface area (Å²) in [6.45, 7) is 2.37. The number of anilines is 2. The summed E-state index contributed by atoms with van der Waals surface area (Å²) in [5, 5.41) is 15.5. The number of nitrogens with zero attached hydrogens (tertiary/aromatic N) is 3. The number of methoxy groups -OCH3 is 1. The highest BCUT2D eigenvalue weighted by Gasteiger charge is 2.18. The largest absolute Gasteiger partial charge is 0.494 e. The Morgan fingerprint density at radius 2 is 1.77 bits per heavy atom. The molecule has 0 aliphatic heterocycles. The van der Waals surface area contributed by atoms with Gasteiger partial charge in [0.25, 0.3) is 5.91 Å². The number of halogens is 1. The molecule has 43 heavy (non-hydrogen) atoms. The molecule has 3 aromatic carbocycles. The van der Waals surface area contributed by atoms with Crippen molar-refractivity contribution in [3.63, 3.8) is 0 Å². The SMILES string of the molecule is COc1cc(NC(=O)c2ccccc2)c(C)cc1NC(=O)CSc1nnc(COc2ccc(Cl)cc2)n1Cc1ccco1. The first-order valence-corrected chi connectivity index (χ1v) is 14.6. The Labute approximate surface area is 257 Å². The standard InChI is InChI=1S/C31H28ClN5O5S/c1-20-15-26(27(40-2)16-25(20)34-30(39)21-7-4-3-5-8-21)33-29(38)19-43-31-36-35-28(37(31)17-24-9-6-14-41-24)18-42-23-12-10-22(32)11-13-23/h3-16H,17-19H2,1-2H3,(H,33,38)(H,34,39). The summed E-state index contributed by atoms with van der Waals surface area (Å²) in [6, 6.07) is 23.1. The normalized spacial score (nSPS) is 10.8. The van der Waals surface area contributed by atoms with Gasteiger partial charge in [0.15, 0.2) is 11.0 Å². The van der Waals surface area contributed by atoms with E-state index in [1.165, 1.54) is 18.9 Å². The molecule has 0 unspecified atom stereocenters. The van der Waals surface area contributed by atoms with Crippen LogP contribution in [0.2, 0.25) is 5.02 Å². The molecular weight excluding hydrogens is 590 g/mol. The molecule has 5 rings (SSSR count). The fourth-order valence-corrected chi connectivity index (χ4v) is 5.00. The summed E-state index contributed by atoms with van der Waals surface area (Å²) in [6.07, 6.45) is 1.59. The van der Waals surface area contributed by atoms with Crippen LogP contribution in [0.15, 0.2) is 94.7 Å². The van der Waals surface area contributed by atoms with Crippen molar-refractivity contribution in [1.29, 1.82) is 0 Å². The number of amides is 2. The number of aromatic nitrogens is 3. The van der Waals surface area contributed by atoms with Crippen molar-refractivity contribution in [2.75, 3.05) is 23.5 Å². The number of carbonyl (C=O) groups excluding carboxylic acids is 2. The van der Waals surface area contributed by atoms with E-state index in [1.54, 1.807) is 73.0 Å². The van der Waals surface area contributed by atoms with Crippen molar-refractivity contribution >= 4 is 46.6 Å². The van der Waals surface area contributed by atoms with Gasteiger partial charge < -0.3 is 24.5 Å². The van der Waals surface area contributed by atoms with E-state index in [9.17, 15) is 9.59 Å². The molecule has 0 aliphatic carbocycles. The summed E-state index contributed by atoms with van der Waals surface area (Å²) in [7, 11) is 1.50. The van der Waals surface area contributed by atoms with Crippen LogP contribution >= 0.6 is 23.4 Å². The van der Waals surface area contributed by atoms with E-state index in [-0.39, 0.29) is 24.2 Å². The van der Waals surface area contributed by atoms with Crippen LogP contribution in [0.25, 0.3) is 0 Å². The highest BCUT2D eigenvalue weighted by molar-refractivity contribution is 7.99. The Morgan fingerprint density at radius 1 is 0.977 bits per heavy atom. The van der Waals surface area contributed by atoms with Crippen molar-refractivity contribution in [2.24, 2.45) is 0 Å². The lowest BCUT2D eigenvalue weighted by atomic mass is 10.1. The van der Waals surface area contributed by atoms with E-state index in [2.05, 4.69) is 20.8 Å². The quantitative estimate of drug-likeness (QED) is 0.153. The number of hydrogen-bond acceptors (Lipinski definition) is 8. The van der Waals surface area contributed by atoms with Gasteiger partial charge in [-0.3, -0.25) is 14.2 Å². The van der Waals surface area contributed by atoms with Crippen LogP contribution in [0.1, 0.15) is 27.5 Å². The van der Waals surface area contributed by atoms with Crippen LogP contribution < -0.4 is 20.1 Å². The van der Waals surface area contributed by atoms with Gasteiger partial charge in [0.2, 0.25) is 5.91 Å². The predicted octanol–water partition coefficient (Wildman–Crippen LogP) is 6.45. The minimum Gasteiger partial charge on any atom is -0.494 e. The van der Waals surface area contributed by atoms with Gasteiger partial charge in [-0.2, -0.15) is 0 Å². The summed E-state index contributed by atoms with van der Waals surface area (Å²) < 4.78 is 18.8. The van der Waals surface area contributed by atoms with Crippen LogP contribution in [-0.2, 0) is 17.9 Å². The van der Waals surface area contributed by atoms with Gasteiger partial charge in [-0.25, -0.2) is 0 Å². The second kappa shape index (κ2) is 14.0.